The summed E-state index contributed by atoms with van der Waals surface area (Å²) in [6.45, 7) is 2.09. The molecule has 14 heteroatoms. The minimum Gasteiger partial charge on any atom is -0.507 e. The number of halogens is 1. The maximum atomic E-state index is 14.7. The van der Waals surface area contributed by atoms with E-state index in [1.807, 2.05) is 9.80 Å². The Bertz CT molecular complexity index is 1280. The van der Waals surface area contributed by atoms with Gasteiger partial charge in [0.25, 0.3) is 5.91 Å². The van der Waals surface area contributed by atoms with Crippen molar-refractivity contribution in [2.75, 3.05) is 46.4 Å². The number of phenolic OH excluding ortho intramolecular Hbond substituents is 1. The Morgan fingerprint density at radius 1 is 0.850 bits per heavy atom. The molecule has 0 spiro atoms. The van der Waals surface area contributed by atoms with Crippen LogP contribution in [0.5, 0.6) is 5.75 Å². The molecule has 40 heavy (non-hydrogen) atoms. The molecular formula is C26H34FN11O2. The van der Waals surface area contributed by atoms with E-state index in [0.29, 0.717) is 56.6 Å². The first kappa shape index (κ1) is 27.5. The van der Waals surface area contributed by atoms with Gasteiger partial charge in [-0.05, 0) is 37.1 Å². The van der Waals surface area contributed by atoms with Crippen LogP contribution in [0.25, 0.3) is 0 Å². The predicted molar refractivity (Wildman–Crippen MR) is 151 cm³/mol. The zero-order chi connectivity index (χ0) is 28.4. The smallest absolute Gasteiger partial charge is 0.290 e. The van der Waals surface area contributed by atoms with Crippen LogP contribution in [-0.4, -0.2) is 76.3 Å². The predicted octanol–water partition coefficient (Wildman–Crippen LogP) is 0.581. The minimum atomic E-state index is -1.00. The number of aromatic nitrogens is 3. The number of carbonyl (C=O) groups excluding carboxylic acids is 1. The third-order valence-electron chi connectivity index (χ3n) is 6.85. The van der Waals surface area contributed by atoms with E-state index >= 15 is 0 Å². The van der Waals surface area contributed by atoms with Crippen LogP contribution in [0.2, 0.25) is 0 Å². The Morgan fingerprint density at radius 3 is 1.88 bits per heavy atom. The summed E-state index contributed by atoms with van der Waals surface area (Å²) in [6, 6.07) is 11.4. The maximum Gasteiger partial charge on any atom is 0.290 e. The molecule has 2 fully saturated rings. The molecule has 2 aliphatic heterocycles. The molecule has 10 N–H and O–H groups in total. The van der Waals surface area contributed by atoms with Gasteiger partial charge in [0.1, 0.15) is 5.75 Å². The number of amides is 1. The number of nitrogens with two attached hydrogens (primary N) is 4. The fourth-order valence-corrected chi connectivity index (χ4v) is 5.08. The maximum absolute atomic E-state index is 14.7. The fraction of sp³-hybridized carbons (Fsp3) is 0.385. The molecule has 0 aliphatic carbocycles. The molecule has 1 amide bonds. The number of benzene rings is 2. The van der Waals surface area contributed by atoms with Crippen molar-refractivity contribution >= 4 is 35.1 Å². The second-order valence-electron chi connectivity index (χ2n) is 10.4. The third-order valence-corrected chi connectivity index (χ3v) is 6.85. The van der Waals surface area contributed by atoms with Crippen LogP contribution in [0.1, 0.15) is 23.2 Å². The van der Waals surface area contributed by atoms with Gasteiger partial charge in [-0.15, -0.1) is 5.12 Å². The summed E-state index contributed by atoms with van der Waals surface area (Å²) in [4.78, 5) is 30.4. The molecule has 2 aromatic carbocycles. The lowest BCUT2D eigenvalue weighted by atomic mass is 10.0. The fourth-order valence-electron chi connectivity index (χ4n) is 5.08. The second kappa shape index (κ2) is 11.6. The second-order valence-corrected chi connectivity index (χ2v) is 10.4. The van der Waals surface area contributed by atoms with Gasteiger partial charge in [-0.25, -0.2) is 0 Å². The van der Waals surface area contributed by atoms with Crippen molar-refractivity contribution in [1.82, 2.24) is 15.0 Å². The monoisotopic (exact) mass is 551 g/mol. The molecule has 0 bridgehead atoms. The number of nitrogens with one attached hydrogen (secondary N) is 1. The highest BCUT2D eigenvalue weighted by molar-refractivity contribution is 6.06. The lowest BCUT2D eigenvalue weighted by Gasteiger charge is -2.37. The van der Waals surface area contributed by atoms with Crippen molar-refractivity contribution in [3.05, 3.63) is 54.1 Å². The van der Waals surface area contributed by atoms with Gasteiger partial charge in [-0.2, -0.15) is 15.0 Å². The van der Waals surface area contributed by atoms with E-state index in [9.17, 15) is 14.4 Å². The first-order chi connectivity index (χ1) is 19.2. The van der Waals surface area contributed by atoms with E-state index in [0.717, 1.165) is 0 Å². The molecule has 13 nitrogen and oxygen atoms in total. The first-order valence-electron chi connectivity index (χ1n) is 13.1. The Balaban J connectivity index is 1.42. The summed E-state index contributed by atoms with van der Waals surface area (Å²) >= 11 is 0. The number of rotatable bonds is 6. The molecule has 0 saturated carbocycles. The summed E-state index contributed by atoms with van der Waals surface area (Å²) in [5.74, 6) is -0.453. The van der Waals surface area contributed by atoms with Crippen molar-refractivity contribution in [3.63, 3.8) is 0 Å². The van der Waals surface area contributed by atoms with Crippen LogP contribution in [0.3, 0.4) is 0 Å². The average molecular weight is 552 g/mol. The zero-order valence-corrected chi connectivity index (χ0v) is 21.9. The molecule has 5 rings (SSSR count). The normalized spacial score (nSPS) is 23.1. The number of hydrogen-bond donors (Lipinski definition) is 6. The number of anilines is 5. The highest BCUT2D eigenvalue weighted by atomic mass is 19.2. The quantitative estimate of drug-likeness (QED) is 0.233. The molecule has 1 aromatic heterocycles. The van der Waals surface area contributed by atoms with Crippen LogP contribution in [0, 0.1) is 0 Å². The first-order valence-corrected chi connectivity index (χ1v) is 13.1. The van der Waals surface area contributed by atoms with Gasteiger partial charge in [-0.3, -0.25) is 4.79 Å². The van der Waals surface area contributed by atoms with E-state index in [-0.39, 0.29) is 46.5 Å². The van der Waals surface area contributed by atoms with Gasteiger partial charge in [0.05, 0.1) is 11.3 Å². The Kier molecular flexibility index (Phi) is 7.93. The largest absolute Gasteiger partial charge is 0.507 e. The van der Waals surface area contributed by atoms with Gasteiger partial charge in [-0.1, -0.05) is 22.7 Å². The average Bonchev–Trinajstić information content (AvgIpc) is 2.91. The number of hydrogen-bond acceptors (Lipinski definition) is 12. The van der Waals surface area contributed by atoms with Crippen LogP contribution < -0.4 is 43.2 Å². The van der Waals surface area contributed by atoms with E-state index in [4.69, 9.17) is 22.9 Å². The highest BCUT2D eigenvalue weighted by Gasteiger charge is 2.29. The van der Waals surface area contributed by atoms with E-state index in [2.05, 4.69) is 20.3 Å². The van der Waals surface area contributed by atoms with Crippen molar-refractivity contribution in [2.45, 2.75) is 37.0 Å². The van der Waals surface area contributed by atoms with Crippen LogP contribution in [0.4, 0.5) is 33.7 Å². The van der Waals surface area contributed by atoms with Crippen molar-refractivity contribution in [3.8, 4) is 5.75 Å². The summed E-state index contributed by atoms with van der Waals surface area (Å²) in [5.41, 5.74) is 25.1. The Labute approximate surface area is 230 Å². The number of para-hydroxylation sites is 1. The number of carbonyl (C=O) groups is 1. The molecule has 212 valence electrons. The molecule has 2 saturated heterocycles. The standard InChI is InChI=1S/C26H34FN11O2/c27-38(20-4-2-1-3-5-20)23(40)21-7-6-19(10-22(21)39)32-24-33-25(36-11-15(28)8-16(29)12-36)35-26(34-24)37-13-17(30)9-18(31)14-37/h1-7,10,15-18,39H,8-9,11-14,28-31H2,(H,32,33,34,35)/t15-,16+,17-,18+. The van der Waals surface area contributed by atoms with Crippen molar-refractivity contribution < 1.29 is 14.4 Å². The molecule has 3 aromatic rings. The van der Waals surface area contributed by atoms with Gasteiger partial charge in [0.15, 0.2) is 0 Å². The van der Waals surface area contributed by atoms with Crippen molar-refractivity contribution in [2.24, 2.45) is 22.9 Å². The third kappa shape index (κ3) is 6.20. The topological polar surface area (TPSA) is 202 Å². The summed E-state index contributed by atoms with van der Waals surface area (Å²) in [6.07, 6.45) is 1.39. The van der Waals surface area contributed by atoms with Gasteiger partial charge < -0.3 is 43.2 Å². The van der Waals surface area contributed by atoms with Crippen LogP contribution >= 0.6 is 0 Å². The van der Waals surface area contributed by atoms with Gasteiger partial charge in [0, 0.05) is 62.1 Å². The number of phenols is 1. The molecular weight excluding hydrogens is 517 g/mol. The number of aromatic hydroxyl groups is 1. The molecule has 4 atom stereocenters. The number of piperidine rings is 2. The van der Waals surface area contributed by atoms with E-state index in [1.165, 1.54) is 30.3 Å². The zero-order valence-electron chi connectivity index (χ0n) is 21.9. The van der Waals surface area contributed by atoms with Crippen LogP contribution in [0.15, 0.2) is 48.5 Å². The van der Waals surface area contributed by atoms with Crippen molar-refractivity contribution in [1.29, 1.82) is 0 Å². The molecule has 0 unspecified atom stereocenters. The summed E-state index contributed by atoms with van der Waals surface area (Å²) < 4.78 is 14.7. The lowest BCUT2D eigenvalue weighted by molar-refractivity contribution is 0.0928. The SMILES string of the molecule is N[C@@H]1C[C@H](N)CN(c2nc(Nc3ccc(C(=O)N(F)c4ccccc4)c(O)c3)nc(N3C[C@H](N)C[C@H](N)C3)n2)C1. The summed E-state index contributed by atoms with van der Waals surface area (Å²) in [7, 11) is 0. The minimum absolute atomic E-state index is 0.0191. The lowest BCUT2D eigenvalue weighted by Crippen LogP contribution is -2.54. The highest BCUT2D eigenvalue weighted by Crippen LogP contribution is 2.28. The number of nitrogens with zero attached hydrogens (tertiary/aromatic N) is 6. The Morgan fingerprint density at radius 2 is 1.38 bits per heavy atom. The molecule has 3 heterocycles. The Hall–Kier alpha value is -4.11. The van der Waals surface area contributed by atoms with Gasteiger partial charge >= 0.3 is 0 Å². The van der Waals surface area contributed by atoms with E-state index < -0.39 is 11.7 Å². The van der Waals surface area contributed by atoms with Crippen LogP contribution in [-0.2, 0) is 0 Å². The van der Waals surface area contributed by atoms with Gasteiger partial charge in [0.2, 0.25) is 17.8 Å². The molecule has 0 radical (unpaired) electrons. The van der Waals surface area contributed by atoms with E-state index in [1.54, 1.807) is 18.2 Å². The molecule has 2 aliphatic rings. The summed E-state index contributed by atoms with van der Waals surface area (Å²) in [5, 5.41) is 13.6.